The van der Waals surface area contributed by atoms with Crippen molar-refractivity contribution in [1.29, 1.82) is 0 Å². The first-order valence-electron chi connectivity index (χ1n) is 23.3. The third-order valence-electron chi connectivity index (χ3n) is 13.2. The summed E-state index contributed by atoms with van der Waals surface area (Å²) < 4.78 is 17.6. The number of hydrogen-bond acceptors (Lipinski definition) is 11. The number of aliphatic hydroxyl groups is 1. The normalized spacial score (nSPS) is 21.8. The number of cyclic esters (lactones) is 1. The van der Waals surface area contributed by atoms with Gasteiger partial charge in [0.1, 0.15) is 36.0 Å². The predicted octanol–water partition coefficient (Wildman–Crippen LogP) is 6.42. The standard InChI is InChI=1S/C56H57N5O9/c1-6-29-57-51(63)45-48-53(65)70-49(40-23-14-9-15-24-40)47(39-21-12-8-13-22-39)61(48)50(41-25-16-26-42(34-41)69-32-31-62)56(45)43-33-37(20-17-30-59(4)35-38-18-10-7-11-19-38)27-28-44(43)60(54(56)66)55(67)58-46(36(2)3)52(64)68-5/h6-16,18-19,21-28,33-34,36,45-50,62H,1,29-32,35H2,2-5H3,(H,57,63)(H,58,67)/t45-,46+,47-,48-,49+,50+,56-/m1/s1. The van der Waals surface area contributed by atoms with E-state index in [1.165, 1.54) is 13.2 Å². The minimum atomic E-state index is -2.09. The van der Waals surface area contributed by atoms with E-state index in [0.29, 0.717) is 35.5 Å². The molecule has 360 valence electrons. The highest BCUT2D eigenvalue weighted by Gasteiger charge is 2.75. The molecule has 1 spiro atoms. The van der Waals surface area contributed by atoms with Crippen LogP contribution in [0, 0.1) is 23.7 Å². The van der Waals surface area contributed by atoms with Gasteiger partial charge in [0.25, 0.3) is 0 Å². The van der Waals surface area contributed by atoms with Gasteiger partial charge >= 0.3 is 18.0 Å². The first-order valence-corrected chi connectivity index (χ1v) is 23.3. The number of anilines is 1. The van der Waals surface area contributed by atoms with Crippen LogP contribution in [0.15, 0.2) is 146 Å². The number of methoxy groups -OCH3 is 1. The molecule has 0 saturated carbocycles. The van der Waals surface area contributed by atoms with E-state index in [4.69, 9.17) is 14.2 Å². The molecule has 0 unspecified atom stereocenters. The molecule has 0 aromatic heterocycles. The largest absolute Gasteiger partial charge is 0.491 e. The summed E-state index contributed by atoms with van der Waals surface area (Å²) in [6.07, 6.45) is 0.558. The topological polar surface area (TPSA) is 167 Å². The molecule has 2 fully saturated rings. The minimum Gasteiger partial charge on any atom is -0.491 e. The van der Waals surface area contributed by atoms with Crippen LogP contribution in [-0.4, -0.2) is 97.2 Å². The quantitative estimate of drug-likeness (QED) is 0.0603. The number of morpholine rings is 1. The Morgan fingerprint density at radius 3 is 2.21 bits per heavy atom. The number of benzene rings is 5. The zero-order valence-corrected chi connectivity index (χ0v) is 39.6. The first-order chi connectivity index (χ1) is 33.9. The summed E-state index contributed by atoms with van der Waals surface area (Å²) in [7, 11) is 3.18. The molecule has 3 aliphatic rings. The zero-order chi connectivity index (χ0) is 49.5. The Kier molecular flexibility index (Phi) is 14.9. The Morgan fingerprint density at radius 2 is 1.56 bits per heavy atom. The number of urea groups is 1. The zero-order valence-electron chi connectivity index (χ0n) is 39.6. The molecule has 3 N–H and O–H groups in total. The Labute approximate surface area is 408 Å². The number of fused-ring (bicyclic) bond motifs is 3. The maximum atomic E-state index is 16.5. The SMILES string of the molecule is C=CCNC(=O)[C@H]1[C@@H]2C(=O)O[C@@H](c3ccccc3)[C@@H](c3ccccc3)N2[C@@H](c2cccc(OCCO)c2)[C@]12C(=O)N(C(=O)N[C@H](C(=O)OC)C(C)C)c1ccc(C#CCN(C)Cc3ccccc3)cc12. The van der Waals surface area contributed by atoms with Crippen LogP contribution < -0.4 is 20.3 Å². The highest BCUT2D eigenvalue weighted by atomic mass is 16.6. The number of amides is 4. The second kappa shape index (κ2) is 21.4. The van der Waals surface area contributed by atoms with E-state index in [9.17, 15) is 9.90 Å². The Bertz CT molecular complexity index is 2800. The van der Waals surface area contributed by atoms with Crippen LogP contribution in [0.1, 0.15) is 65.4 Å². The molecular formula is C56H57N5O9. The van der Waals surface area contributed by atoms with Gasteiger partial charge in [-0.1, -0.05) is 135 Å². The molecule has 70 heavy (non-hydrogen) atoms. The van der Waals surface area contributed by atoms with Crippen LogP contribution in [0.3, 0.4) is 0 Å². The number of esters is 2. The maximum absolute atomic E-state index is 16.5. The van der Waals surface area contributed by atoms with Gasteiger partial charge in [0.2, 0.25) is 11.8 Å². The highest BCUT2D eigenvalue weighted by molar-refractivity contribution is 6.25. The molecule has 8 rings (SSSR count). The number of nitrogens with one attached hydrogen (secondary N) is 2. The van der Waals surface area contributed by atoms with Crippen LogP contribution in [-0.2, 0) is 40.6 Å². The molecule has 5 aromatic rings. The number of rotatable bonds is 15. The van der Waals surface area contributed by atoms with Crippen molar-refractivity contribution in [3.05, 3.63) is 179 Å². The van der Waals surface area contributed by atoms with Crippen LogP contribution >= 0.6 is 0 Å². The van der Waals surface area contributed by atoms with E-state index < -0.39 is 77.3 Å². The van der Waals surface area contributed by atoms with Crippen LogP contribution in [0.4, 0.5) is 10.5 Å². The monoisotopic (exact) mass is 943 g/mol. The van der Waals surface area contributed by atoms with Crippen molar-refractivity contribution >= 4 is 35.5 Å². The summed E-state index contributed by atoms with van der Waals surface area (Å²) in [6.45, 7) is 8.00. The Hall–Kier alpha value is -7.57. The van der Waals surface area contributed by atoms with E-state index in [-0.39, 0.29) is 31.0 Å². The number of ether oxygens (including phenoxy) is 3. The van der Waals surface area contributed by atoms with Crippen molar-refractivity contribution in [2.24, 2.45) is 11.8 Å². The van der Waals surface area contributed by atoms with Gasteiger partial charge in [-0.15, -0.1) is 6.58 Å². The van der Waals surface area contributed by atoms with E-state index in [1.54, 1.807) is 56.3 Å². The van der Waals surface area contributed by atoms with Gasteiger partial charge in [-0.25, -0.2) is 14.5 Å². The molecule has 14 heteroatoms. The summed E-state index contributed by atoms with van der Waals surface area (Å²) in [4.78, 5) is 80.5. The van der Waals surface area contributed by atoms with Crippen LogP contribution in [0.25, 0.3) is 0 Å². The van der Waals surface area contributed by atoms with Crippen LogP contribution in [0.2, 0.25) is 0 Å². The lowest BCUT2D eigenvalue weighted by atomic mass is 9.65. The second-order valence-corrected chi connectivity index (χ2v) is 18.0. The van der Waals surface area contributed by atoms with E-state index in [1.807, 2.05) is 103 Å². The smallest absolute Gasteiger partial charge is 0.329 e. The molecule has 14 nitrogen and oxygen atoms in total. The molecule has 3 heterocycles. The Morgan fingerprint density at radius 1 is 0.886 bits per heavy atom. The van der Waals surface area contributed by atoms with Crippen molar-refractivity contribution in [3.63, 3.8) is 0 Å². The number of carbonyl (C=O) groups is 5. The number of carbonyl (C=O) groups excluding carboxylic acids is 5. The average Bonchev–Trinajstić information content (AvgIpc) is 3.83. The maximum Gasteiger partial charge on any atom is 0.329 e. The van der Waals surface area contributed by atoms with Crippen molar-refractivity contribution in [3.8, 4) is 17.6 Å². The fraction of sp³-hybridized carbons (Fsp3) is 0.304. The summed E-state index contributed by atoms with van der Waals surface area (Å²) in [5.41, 5.74) is 1.77. The van der Waals surface area contributed by atoms with E-state index in [2.05, 4.69) is 34.0 Å². The molecular weight excluding hydrogens is 887 g/mol. The third-order valence-corrected chi connectivity index (χ3v) is 13.2. The first kappa shape index (κ1) is 48.9. The van der Waals surface area contributed by atoms with Crippen molar-refractivity contribution < 1.29 is 43.3 Å². The molecule has 0 aliphatic carbocycles. The lowest BCUT2D eigenvalue weighted by molar-refractivity contribution is -0.178. The fourth-order valence-electron chi connectivity index (χ4n) is 10.3. The lowest BCUT2D eigenvalue weighted by Gasteiger charge is -2.46. The van der Waals surface area contributed by atoms with Gasteiger partial charge in [0.15, 0.2) is 0 Å². The van der Waals surface area contributed by atoms with Gasteiger partial charge in [-0.2, -0.15) is 0 Å². The second-order valence-electron chi connectivity index (χ2n) is 18.0. The van der Waals surface area contributed by atoms with Gasteiger partial charge in [0.05, 0.1) is 44.0 Å². The van der Waals surface area contributed by atoms with Crippen LogP contribution in [0.5, 0.6) is 5.75 Å². The van der Waals surface area contributed by atoms with Gasteiger partial charge < -0.3 is 30.0 Å². The molecule has 3 aliphatic heterocycles. The summed E-state index contributed by atoms with van der Waals surface area (Å²) >= 11 is 0. The fourth-order valence-corrected chi connectivity index (χ4v) is 10.3. The Balaban J connectivity index is 1.41. The van der Waals surface area contributed by atoms with Crippen molar-refractivity contribution in [2.75, 3.05) is 45.4 Å². The number of hydrogen-bond donors (Lipinski definition) is 3. The van der Waals surface area contributed by atoms with E-state index >= 15 is 19.2 Å². The molecule has 0 bridgehead atoms. The van der Waals surface area contributed by atoms with Gasteiger partial charge in [-0.05, 0) is 71.1 Å². The summed E-state index contributed by atoms with van der Waals surface area (Å²) in [5.74, 6) is 1.93. The third kappa shape index (κ3) is 9.31. The molecule has 0 radical (unpaired) electrons. The molecule has 5 aromatic carbocycles. The average molecular weight is 944 g/mol. The van der Waals surface area contributed by atoms with Gasteiger partial charge in [0, 0.05) is 18.7 Å². The summed E-state index contributed by atoms with van der Waals surface area (Å²) in [5, 5.41) is 15.5. The van der Waals surface area contributed by atoms with Crippen molar-refractivity contribution in [1.82, 2.24) is 20.4 Å². The highest BCUT2D eigenvalue weighted by Crippen LogP contribution is 2.66. The summed E-state index contributed by atoms with van der Waals surface area (Å²) in [6, 6.07) is 35.2. The molecule has 2 saturated heterocycles. The van der Waals surface area contributed by atoms with Gasteiger partial charge in [-0.3, -0.25) is 24.2 Å². The number of imide groups is 1. The molecule has 7 atom stereocenters. The van der Waals surface area contributed by atoms with E-state index in [0.717, 1.165) is 16.0 Å². The predicted molar refractivity (Wildman–Crippen MR) is 263 cm³/mol. The lowest BCUT2D eigenvalue weighted by Crippen LogP contribution is -2.57. The molecule has 4 amide bonds. The number of aliphatic hydroxyl groups excluding tert-OH is 1. The number of nitrogens with zero attached hydrogens (tertiary/aromatic N) is 3. The van der Waals surface area contributed by atoms with Crippen molar-refractivity contribution in [2.45, 2.75) is 56.1 Å². The minimum absolute atomic E-state index is 0.0143.